The smallest absolute Gasteiger partial charge is 0.375 e. The number of fused-ring (bicyclic) bond motifs is 3. The Morgan fingerprint density at radius 3 is 2.60 bits per heavy atom. The number of ether oxygens (including phenoxy) is 4. The third-order valence-electron chi connectivity index (χ3n) is 9.43. The molecule has 0 bridgehead atoms. The number of carbonyl (C=O) groups is 3. The summed E-state index contributed by atoms with van der Waals surface area (Å²) in [5.74, 6) is -2.11. The summed E-state index contributed by atoms with van der Waals surface area (Å²) in [6, 6.07) is 5.68. The zero-order chi connectivity index (χ0) is 34.3. The second kappa shape index (κ2) is 13.3. The highest BCUT2D eigenvalue weighted by Crippen LogP contribution is 2.56. The molecule has 1 aliphatic carbocycles. The number of Topliss-reactive ketones (excluding diaryl/α,β-unsaturated/α-hetero) is 1. The molecule has 3 N–H and O–H groups in total. The fraction of sp³-hybridized carbons (Fsp3) is 0.459. The lowest BCUT2D eigenvalue weighted by atomic mass is 9.71. The molecule has 0 amide bonds. The molecule has 4 aliphatic rings. The van der Waals surface area contributed by atoms with Crippen LogP contribution in [0.25, 0.3) is 11.6 Å². The Bertz CT molecular complexity index is 1870. The lowest BCUT2D eigenvalue weighted by molar-refractivity contribution is -0.141. The molecular formula is C37H41NO10. The summed E-state index contributed by atoms with van der Waals surface area (Å²) >= 11 is 0. The molecule has 1 saturated carbocycles. The highest BCUT2D eigenvalue weighted by Gasteiger charge is 2.45. The number of ketones is 1. The molecule has 2 aromatic rings. The first-order chi connectivity index (χ1) is 23.1. The van der Waals surface area contributed by atoms with Gasteiger partial charge in [0.2, 0.25) is 5.76 Å². The molecule has 0 spiro atoms. The Hall–Kier alpha value is -4.32. The molecule has 11 heteroatoms. The summed E-state index contributed by atoms with van der Waals surface area (Å²) in [6.07, 6.45) is 3.01. The van der Waals surface area contributed by atoms with Gasteiger partial charge in [-0.2, -0.15) is 0 Å². The molecule has 3 aliphatic heterocycles. The molecule has 3 heterocycles. The Kier molecular flexibility index (Phi) is 9.30. The van der Waals surface area contributed by atoms with E-state index in [1.54, 1.807) is 20.8 Å². The first kappa shape index (κ1) is 33.6. The van der Waals surface area contributed by atoms with Crippen LogP contribution in [0.2, 0.25) is 0 Å². The average Bonchev–Trinajstić information content (AvgIpc) is 3.74. The fourth-order valence-electron chi connectivity index (χ4n) is 7.06. The van der Waals surface area contributed by atoms with Gasteiger partial charge in [-0.3, -0.25) is 14.6 Å². The highest BCUT2D eigenvalue weighted by atomic mass is 16.6. The number of aliphatic hydroxyl groups is 3. The summed E-state index contributed by atoms with van der Waals surface area (Å²) in [5, 5.41) is 33.9. The molecule has 2 aromatic carbocycles. The van der Waals surface area contributed by atoms with Crippen molar-refractivity contribution >= 4 is 29.7 Å². The number of nitrogens with zero attached hydrogens (tertiary/aromatic N) is 1. The minimum atomic E-state index is -1.26. The predicted molar refractivity (Wildman–Crippen MR) is 174 cm³/mol. The van der Waals surface area contributed by atoms with E-state index in [1.165, 1.54) is 0 Å². The van der Waals surface area contributed by atoms with E-state index in [4.69, 9.17) is 18.9 Å². The first-order valence-electron chi connectivity index (χ1n) is 16.5. The standard InChI is InChI=1S/C37H41NO10/c1-5-11-46-33-24-15-28(37(3,4)44)47-32(24)26(18-41)34-30(33)29(25(17-40)35(48-34)36(43)45-6-2)21-13-22(16-39)31(42)23(14-21)19-7-8-27-20(12-19)9-10-38-27/h7-9,12,17,22-23,28,39,41,44H,5-6,10-11,13-16,18H2,1-4H3/b29-21+/t22-,23-,28+/m1/s1. The number of benzene rings is 2. The quantitative estimate of drug-likeness (QED) is 0.255. The van der Waals surface area contributed by atoms with Gasteiger partial charge in [0.1, 0.15) is 29.1 Å². The number of rotatable bonds is 10. The van der Waals surface area contributed by atoms with Gasteiger partial charge in [-0.05, 0) is 62.9 Å². The van der Waals surface area contributed by atoms with Crippen LogP contribution in [0, 0.1) is 5.92 Å². The number of carbonyl (C=O) groups excluding carboxylic acids is 3. The molecule has 0 saturated heterocycles. The van der Waals surface area contributed by atoms with Crippen LogP contribution >= 0.6 is 0 Å². The van der Waals surface area contributed by atoms with Crippen molar-refractivity contribution in [1.29, 1.82) is 0 Å². The van der Waals surface area contributed by atoms with Gasteiger partial charge in [-0.25, -0.2) is 4.79 Å². The second-order valence-corrected chi connectivity index (χ2v) is 13.1. The molecule has 254 valence electrons. The Labute approximate surface area is 278 Å². The summed E-state index contributed by atoms with van der Waals surface area (Å²) < 4.78 is 24.2. The van der Waals surface area contributed by atoms with Crippen LogP contribution in [0.5, 0.6) is 17.2 Å². The number of aliphatic hydroxyl groups excluding tert-OH is 2. The summed E-state index contributed by atoms with van der Waals surface area (Å²) in [4.78, 5) is 44.8. The van der Waals surface area contributed by atoms with Crippen LogP contribution in [0.4, 0.5) is 0 Å². The van der Waals surface area contributed by atoms with Crippen molar-refractivity contribution in [2.75, 3.05) is 26.4 Å². The number of hydrogen-bond acceptors (Lipinski definition) is 11. The van der Waals surface area contributed by atoms with Crippen LogP contribution in [-0.2, 0) is 32.1 Å². The van der Waals surface area contributed by atoms with E-state index < -0.39 is 42.7 Å². The molecule has 6 rings (SSSR count). The zero-order valence-corrected chi connectivity index (χ0v) is 27.6. The van der Waals surface area contributed by atoms with E-state index in [-0.39, 0.29) is 66.7 Å². The number of hydrogen-bond donors (Lipinski definition) is 3. The molecule has 48 heavy (non-hydrogen) atoms. The molecule has 0 aromatic heterocycles. The Morgan fingerprint density at radius 1 is 1.15 bits per heavy atom. The monoisotopic (exact) mass is 659 g/mol. The van der Waals surface area contributed by atoms with Crippen LogP contribution in [-0.4, -0.2) is 71.4 Å². The van der Waals surface area contributed by atoms with Crippen molar-refractivity contribution < 1.29 is 48.7 Å². The Morgan fingerprint density at radius 2 is 1.94 bits per heavy atom. The minimum absolute atomic E-state index is 0.0136. The Balaban J connectivity index is 1.65. The zero-order valence-electron chi connectivity index (χ0n) is 27.6. The maximum atomic E-state index is 13.8. The van der Waals surface area contributed by atoms with E-state index >= 15 is 0 Å². The van der Waals surface area contributed by atoms with E-state index in [9.17, 15) is 29.7 Å². The van der Waals surface area contributed by atoms with Crippen molar-refractivity contribution in [3.05, 3.63) is 67.9 Å². The van der Waals surface area contributed by atoms with E-state index in [2.05, 4.69) is 4.99 Å². The third kappa shape index (κ3) is 5.73. The lowest BCUT2D eigenvalue weighted by Crippen LogP contribution is -2.39. The fourth-order valence-corrected chi connectivity index (χ4v) is 7.06. The van der Waals surface area contributed by atoms with Gasteiger partial charge in [0.15, 0.2) is 6.29 Å². The van der Waals surface area contributed by atoms with E-state index in [1.807, 2.05) is 31.2 Å². The van der Waals surface area contributed by atoms with Crippen LogP contribution < -0.4 is 24.8 Å². The minimum Gasteiger partial charge on any atom is -0.492 e. The molecule has 3 atom stereocenters. The first-order valence-corrected chi connectivity index (χ1v) is 16.5. The van der Waals surface area contributed by atoms with Gasteiger partial charge in [0.25, 0.3) is 0 Å². The molecular weight excluding hydrogens is 618 g/mol. The summed E-state index contributed by atoms with van der Waals surface area (Å²) in [5.41, 5.74) is 1.56. The molecule has 11 nitrogen and oxygen atoms in total. The number of aldehydes is 1. The SMILES string of the molecule is CCCOc1c2c(c(CO)c3c1/C(=C1\C[C@H](CO)C(=O)[C@@H](c4ccc5c(c4)=CCN=5)C1)C(C=O)=C(C(=O)OCC)O3)O[C@H](C(C)(C)O)C2. The third-order valence-corrected chi connectivity index (χ3v) is 9.43. The van der Waals surface area contributed by atoms with Crippen LogP contribution in [0.15, 0.2) is 40.1 Å². The van der Waals surface area contributed by atoms with Crippen molar-refractivity contribution in [2.45, 2.75) is 77.6 Å². The van der Waals surface area contributed by atoms with Gasteiger partial charge in [0.05, 0.1) is 60.6 Å². The average molecular weight is 660 g/mol. The highest BCUT2D eigenvalue weighted by molar-refractivity contribution is 6.11. The van der Waals surface area contributed by atoms with Gasteiger partial charge >= 0.3 is 5.97 Å². The van der Waals surface area contributed by atoms with Crippen molar-refractivity contribution in [3.63, 3.8) is 0 Å². The lowest BCUT2D eigenvalue weighted by Gasteiger charge is -2.34. The van der Waals surface area contributed by atoms with Crippen molar-refractivity contribution in [1.82, 2.24) is 0 Å². The van der Waals surface area contributed by atoms with Gasteiger partial charge in [-0.1, -0.05) is 24.6 Å². The summed E-state index contributed by atoms with van der Waals surface area (Å²) in [6.45, 7) is 6.72. The van der Waals surface area contributed by atoms with Crippen molar-refractivity contribution in [3.8, 4) is 17.2 Å². The predicted octanol–water partition coefficient (Wildman–Crippen LogP) is 2.37. The normalized spacial score (nSPS) is 22.9. The molecule has 1 fully saturated rings. The van der Waals surface area contributed by atoms with E-state index in [0.717, 1.165) is 16.1 Å². The molecule has 0 unspecified atom stereocenters. The second-order valence-electron chi connectivity index (χ2n) is 13.1. The van der Waals surface area contributed by atoms with Crippen LogP contribution in [0.3, 0.4) is 0 Å². The van der Waals surface area contributed by atoms with Gasteiger partial charge in [-0.15, -0.1) is 0 Å². The largest absolute Gasteiger partial charge is 0.492 e. The number of allylic oxidation sites excluding steroid dienone is 3. The van der Waals surface area contributed by atoms with E-state index in [0.29, 0.717) is 47.3 Å². The van der Waals surface area contributed by atoms with Crippen LogP contribution in [0.1, 0.15) is 75.1 Å². The number of esters is 1. The van der Waals surface area contributed by atoms with Crippen molar-refractivity contribution in [2.24, 2.45) is 10.9 Å². The van der Waals surface area contributed by atoms with Gasteiger partial charge < -0.3 is 34.3 Å². The topological polar surface area (TPSA) is 161 Å². The molecule has 0 radical (unpaired) electrons. The maximum absolute atomic E-state index is 13.8. The maximum Gasteiger partial charge on any atom is 0.375 e. The summed E-state index contributed by atoms with van der Waals surface area (Å²) in [7, 11) is 0. The van der Waals surface area contributed by atoms with Gasteiger partial charge in [0, 0.05) is 29.4 Å².